The van der Waals surface area contributed by atoms with Crippen molar-refractivity contribution in [1.29, 1.82) is 0 Å². The number of rotatable bonds is 6. The van der Waals surface area contributed by atoms with Crippen LogP contribution in [0.25, 0.3) is 0 Å². The normalized spacial score (nSPS) is 9.70. The Morgan fingerprint density at radius 2 is 1.80 bits per heavy atom. The van der Waals surface area contributed by atoms with Crippen molar-refractivity contribution in [3.05, 3.63) is 0 Å². The van der Waals surface area contributed by atoms with Gasteiger partial charge in [0.05, 0.1) is 0 Å². The van der Waals surface area contributed by atoms with Gasteiger partial charge in [0.2, 0.25) is 0 Å². The summed E-state index contributed by atoms with van der Waals surface area (Å²) in [7, 11) is 0. The van der Waals surface area contributed by atoms with E-state index in [1.807, 2.05) is 0 Å². The van der Waals surface area contributed by atoms with E-state index in [-0.39, 0.29) is 0 Å². The van der Waals surface area contributed by atoms with Gasteiger partial charge in [-0.15, -0.1) is 0 Å². The maximum atomic E-state index is 8.77. The zero-order chi connectivity index (χ0) is 7.82. The van der Waals surface area contributed by atoms with Gasteiger partial charge in [-0.25, -0.2) is 0 Å². The van der Waals surface area contributed by atoms with Gasteiger partial charge < -0.3 is 0 Å². The molecule has 0 amide bonds. The molecule has 1 nitrogen and oxygen atoms in total. The molecule has 0 aliphatic carbocycles. The molecule has 0 aromatic rings. The van der Waals surface area contributed by atoms with E-state index in [9.17, 15) is 0 Å². The van der Waals surface area contributed by atoms with E-state index in [1.165, 1.54) is 25.7 Å². The van der Waals surface area contributed by atoms with Crippen LogP contribution in [-0.2, 0) is 0 Å². The van der Waals surface area contributed by atoms with Gasteiger partial charge in [-0.2, -0.15) is 0 Å². The molecular formula is C8H16OSe. The van der Waals surface area contributed by atoms with Gasteiger partial charge in [-0.1, -0.05) is 0 Å². The second-order valence-corrected chi connectivity index (χ2v) is 3.55. The summed E-state index contributed by atoms with van der Waals surface area (Å²) in [6.45, 7) is 2.21. The van der Waals surface area contributed by atoms with E-state index in [0.29, 0.717) is 4.60 Å². The van der Waals surface area contributed by atoms with Gasteiger partial charge in [0, 0.05) is 0 Å². The zero-order valence-corrected chi connectivity index (χ0v) is 8.31. The molecule has 1 N–H and O–H groups in total. The summed E-state index contributed by atoms with van der Waals surface area (Å²) >= 11 is 2.60. The van der Waals surface area contributed by atoms with Crippen molar-refractivity contribution in [1.82, 2.24) is 0 Å². The first-order valence-electron chi connectivity index (χ1n) is 3.99. The predicted octanol–water partition coefficient (Wildman–Crippen LogP) is 2.02. The van der Waals surface area contributed by atoms with Crippen molar-refractivity contribution >= 4 is 20.2 Å². The monoisotopic (exact) mass is 208 g/mol. The molecule has 0 aromatic heterocycles. The molecule has 0 unspecified atom stereocenters. The van der Waals surface area contributed by atoms with Crippen LogP contribution < -0.4 is 0 Å². The molecule has 0 fully saturated rings. The van der Waals surface area contributed by atoms with Crippen molar-refractivity contribution < 1.29 is 5.11 Å². The van der Waals surface area contributed by atoms with E-state index >= 15 is 0 Å². The van der Waals surface area contributed by atoms with Crippen LogP contribution in [0.1, 0.15) is 45.4 Å². The third kappa shape index (κ3) is 8.19. The first-order valence-corrected chi connectivity index (χ1v) is 4.84. The van der Waals surface area contributed by atoms with Crippen LogP contribution in [0.15, 0.2) is 0 Å². The minimum atomic E-state index is 0.455. The first-order chi connectivity index (χ1) is 4.77. The molecule has 0 aliphatic rings. The van der Waals surface area contributed by atoms with Crippen molar-refractivity contribution in [2.45, 2.75) is 45.4 Å². The summed E-state index contributed by atoms with van der Waals surface area (Å²) in [5, 5.41) is 8.77. The molecular weight excluding hydrogens is 191 g/mol. The summed E-state index contributed by atoms with van der Waals surface area (Å²) in [5.41, 5.74) is 0. The fourth-order valence-corrected chi connectivity index (χ4v) is 1.18. The van der Waals surface area contributed by atoms with Gasteiger partial charge in [0.15, 0.2) is 0 Å². The number of hydrogen-bond acceptors (Lipinski definition) is 1. The molecule has 0 bridgehead atoms. The molecule has 0 saturated carbocycles. The Morgan fingerprint density at radius 3 is 2.30 bits per heavy atom. The van der Waals surface area contributed by atoms with Crippen LogP contribution in [0.2, 0.25) is 0 Å². The number of aliphatic hydroxyl groups excluding tert-OH is 1. The molecule has 60 valence electrons. The van der Waals surface area contributed by atoms with Crippen LogP contribution in [0.4, 0.5) is 0 Å². The Kier molecular flexibility index (Phi) is 7.44. The summed E-state index contributed by atoms with van der Waals surface area (Å²) in [5.74, 6) is 0. The standard InChI is InChI=1S/C8H16OSe/c1-2-3-4-5-6-7-8(9)10/h2-7H2,1H3,(H,9,10). The predicted molar refractivity (Wildman–Crippen MR) is 46.1 cm³/mol. The van der Waals surface area contributed by atoms with Crippen LogP contribution in [0, 0.1) is 0 Å². The molecule has 0 heterocycles. The maximum absolute atomic E-state index is 8.77. The van der Waals surface area contributed by atoms with E-state index < -0.39 is 0 Å². The Balaban J connectivity index is 2.84. The molecule has 0 spiro atoms. The number of aliphatic hydroxyl groups is 1. The van der Waals surface area contributed by atoms with Crippen molar-refractivity contribution in [3.8, 4) is 0 Å². The third-order valence-corrected chi connectivity index (χ3v) is 1.92. The number of hydrogen-bond donors (Lipinski definition) is 1. The molecule has 0 atom stereocenters. The van der Waals surface area contributed by atoms with Gasteiger partial charge >= 0.3 is 70.7 Å². The Labute approximate surface area is 71.2 Å². The van der Waals surface area contributed by atoms with Crippen molar-refractivity contribution in [2.75, 3.05) is 0 Å². The van der Waals surface area contributed by atoms with Crippen LogP contribution >= 0.6 is 0 Å². The Morgan fingerprint density at radius 1 is 1.20 bits per heavy atom. The van der Waals surface area contributed by atoms with E-state index in [0.717, 1.165) is 12.8 Å². The van der Waals surface area contributed by atoms with Crippen LogP contribution in [-0.4, -0.2) is 25.3 Å². The summed E-state index contributed by atoms with van der Waals surface area (Å²) in [6.07, 6.45) is 7.13. The Bertz CT molecular complexity index is 91.3. The molecule has 0 rings (SSSR count). The number of unbranched alkanes of at least 4 members (excludes halogenated alkanes) is 4. The first kappa shape index (κ1) is 10.2. The topological polar surface area (TPSA) is 20.2 Å². The van der Waals surface area contributed by atoms with E-state index in [2.05, 4.69) is 22.5 Å². The van der Waals surface area contributed by atoms with Gasteiger partial charge in [0.25, 0.3) is 0 Å². The van der Waals surface area contributed by atoms with Crippen molar-refractivity contribution in [2.24, 2.45) is 0 Å². The summed E-state index contributed by atoms with van der Waals surface area (Å²) in [6, 6.07) is 0. The van der Waals surface area contributed by atoms with Gasteiger partial charge in [0.1, 0.15) is 0 Å². The van der Waals surface area contributed by atoms with E-state index in [1.54, 1.807) is 0 Å². The minimum absolute atomic E-state index is 0.455. The van der Waals surface area contributed by atoms with Gasteiger partial charge in [-0.05, 0) is 0 Å². The molecule has 2 heteroatoms. The summed E-state index contributed by atoms with van der Waals surface area (Å²) < 4.78 is 0.455. The second-order valence-electron chi connectivity index (χ2n) is 2.56. The van der Waals surface area contributed by atoms with Crippen LogP contribution in [0.5, 0.6) is 0 Å². The molecule has 0 saturated heterocycles. The van der Waals surface area contributed by atoms with Crippen molar-refractivity contribution in [3.63, 3.8) is 0 Å². The van der Waals surface area contributed by atoms with E-state index in [4.69, 9.17) is 5.11 Å². The quantitative estimate of drug-likeness (QED) is 0.521. The third-order valence-electron chi connectivity index (χ3n) is 1.49. The molecule has 0 radical (unpaired) electrons. The molecule has 0 aromatic carbocycles. The molecule has 0 aliphatic heterocycles. The average molecular weight is 207 g/mol. The average Bonchev–Trinajstić information content (AvgIpc) is 1.87. The zero-order valence-electron chi connectivity index (χ0n) is 6.60. The second kappa shape index (κ2) is 7.30. The summed E-state index contributed by atoms with van der Waals surface area (Å²) in [4.78, 5) is 0. The van der Waals surface area contributed by atoms with Crippen LogP contribution in [0.3, 0.4) is 0 Å². The fourth-order valence-electron chi connectivity index (χ4n) is 0.880. The van der Waals surface area contributed by atoms with Gasteiger partial charge in [-0.3, -0.25) is 0 Å². The SMILES string of the molecule is CCCCCCCC(O)=[Se]. The Hall–Kier alpha value is 0.189. The fraction of sp³-hybridized carbons (Fsp3) is 0.875. The molecule has 10 heavy (non-hydrogen) atoms.